The number of aliphatic hydroxyl groups excluding tert-OH is 1. The molecular formula is C30H50O. The van der Waals surface area contributed by atoms with Crippen LogP contribution in [0.3, 0.4) is 0 Å². The van der Waals surface area contributed by atoms with Crippen LogP contribution in [0, 0.1) is 56.7 Å². The average molecular weight is 427 g/mol. The summed E-state index contributed by atoms with van der Waals surface area (Å²) in [4.78, 5) is 0. The first-order valence-corrected chi connectivity index (χ1v) is 13.7. The van der Waals surface area contributed by atoms with Gasteiger partial charge in [0.1, 0.15) is 0 Å². The quantitative estimate of drug-likeness (QED) is 0.389. The maximum Gasteiger partial charge on any atom is 0.0594 e. The lowest BCUT2D eigenvalue weighted by molar-refractivity contribution is -0.250. The Kier molecular flexibility index (Phi) is 4.82. The third kappa shape index (κ3) is 2.65. The summed E-state index contributed by atoms with van der Waals surface area (Å²) in [5, 5.41) is 10.9. The second-order valence-electron chi connectivity index (χ2n) is 14.7. The van der Waals surface area contributed by atoms with Crippen LogP contribution in [0.2, 0.25) is 0 Å². The average Bonchev–Trinajstić information content (AvgIpc) is 2.69. The fourth-order valence-corrected chi connectivity index (χ4v) is 11.3. The fraction of sp³-hybridized carbons (Fsp3) is 0.933. The third-order valence-electron chi connectivity index (χ3n) is 13.5. The van der Waals surface area contributed by atoms with Gasteiger partial charge in [-0.15, -0.1) is 0 Å². The molecule has 0 aromatic rings. The van der Waals surface area contributed by atoms with Crippen LogP contribution < -0.4 is 0 Å². The largest absolute Gasteiger partial charge is 0.393 e. The molecule has 0 aliphatic heterocycles. The van der Waals surface area contributed by atoms with Crippen molar-refractivity contribution < 1.29 is 5.11 Å². The lowest BCUT2D eigenvalue weighted by Crippen LogP contribution is -2.67. The minimum Gasteiger partial charge on any atom is -0.393 e. The van der Waals surface area contributed by atoms with Crippen molar-refractivity contribution in [3.05, 3.63) is 11.6 Å². The van der Waals surface area contributed by atoms with Crippen molar-refractivity contribution in [2.75, 3.05) is 0 Å². The smallest absolute Gasteiger partial charge is 0.0594 e. The summed E-state index contributed by atoms with van der Waals surface area (Å²) < 4.78 is 0. The predicted octanol–water partition coefficient (Wildman–Crippen LogP) is 8.02. The lowest BCUT2D eigenvalue weighted by Gasteiger charge is -2.73. The molecule has 4 fully saturated rings. The summed E-state index contributed by atoms with van der Waals surface area (Å²) in [5.74, 6) is 4.00. The van der Waals surface area contributed by atoms with Gasteiger partial charge in [-0.25, -0.2) is 0 Å². The van der Waals surface area contributed by atoms with E-state index in [1.165, 1.54) is 51.4 Å². The Hall–Kier alpha value is -0.300. The minimum absolute atomic E-state index is 0.0665. The Morgan fingerprint density at radius 2 is 1.52 bits per heavy atom. The lowest BCUT2D eigenvalue weighted by atomic mass is 9.31. The second kappa shape index (κ2) is 6.64. The molecule has 1 heteroatoms. The van der Waals surface area contributed by atoms with Gasteiger partial charge in [0.15, 0.2) is 0 Å². The summed E-state index contributed by atoms with van der Waals surface area (Å²) in [6, 6.07) is 0. The van der Waals surface area contributed by atoms with E-state index in [2.05, 4.69) is 61.5 Å². The number of allylic oxidation sites excluding steroid dienone is 2. The number of aliphatic hydroxyl groups is 1. The maximum atomic E-state index is 10.9. The Bertz CT molecular complexity index is 779. The summed E-state index contributed by atoms with van der Waals surface area (Å²) in [7, 11) is 0. The maximum absolute atomic E-state index is 10.9. The van der Waals surface area contributed by atoms with Gasteiger partial charge in [-0.1, -0.05) is 60.1 Å². The molecule has 0 spiro atoms. The van der Waals surface area contributed by atoms with E-state index in [0.717, 1.165) is 30.1 Å². The zero-order valence-electron chi connectivity index (χ0n) is 21.9. The molecule has 5 aliphatic rings. The van der Waals surface area contributed by atoms with Crippen molar-refractivity contribution in [1.29, 1.82) is 0 Å². The van der Waals surface area contributed by atoms with Crippen molar-refractivity contribution >= 4 is 0 Å². The van der Waals surface area contributed by atoms with Gasteiger partial charge in [0.05, 0.1) is 6.10 Å². The summed E-state index contributed by atoms with van der Waals surface area (Å²) in [5.41, 5.74) is 3.58. The standard InChI is InChI=1S/C30H50O/c1-19-11-14-27(5)17-18-29(7)21(25(27)20(19)2)9-10-23-28(6)15-13-24(31)26(3,4)22(28)12-16-30(23,29)8/h11,20-25,31H,9-10,12-18H2,1-8H3/t20?,21?,22?,23?,24-,25?,27+,28-,29+,30+/m0/s1. The molecule has 0 heterocycles. The van der Waals surface area contributed by atoms with Crippen LogP contribution in [-0.2, 0) is 0 Å². The van der Waals surface area contributed by atoms with Gasteiger partial charge in [-0.05, 0) is 121 Å². The van der Waals surface area contributed by atoms with Crippen molar-refractivity contribution in [3.63, 3.8) is 0 Å². The van der Waals surface area contributed by atoms with Crippen LogP contribution >= 0.6 is 0 Å². The van der Waals surface area contributed by atoms with E-state index in [1.807, 2.05) is 0 Å². The van der Waals surface area contributed by atoms with Crippen LogP contribution in [-0.4, -0.2) is 11.2 Å². The SMILES string of the molecule is CC1=CC[C@]2(C)CC[C@]3(C)C(CCC4[C@@]5(C)CC[C@H](O)C(C)(C)C5CC[C@]43C)C2C1C. The highest BCUT2D eigenvalue weighted by Crippen LogP contribution is 2.76. The monoisotopic (exact) mass is 426 g/mol. The minimum atomic E-state index is -0.116. The summed E-state index contributed by atoms with van der Waals surface area (Å²) >= 11 is 0. The fourth-order valence-electron chi connectivity index (χ4n) is 11.3. The van der Waals surface area contributed by atoms with Gasteiger partial charge in [-0.2, -0.15) is 0 Å². The van der Waals surface area contributed by atoms with E-state index < -0.39 is 0 Å². The molecule has 5 rings (SSSR count). The van der Waals surface area contributed by atoms with E-state index in [9.17, 15) is 5.11 Å². The molecule has 31 heavy (non-hydrogen) atoms. The molecule has 5 unspecified atom stereocenters. The molecule has 0 radical (unpaired) electrons. The third-order valence-corrected chi connectivity index (χ3v) is 13.5. The normalized spacial score (nSPS) is 58.3. The zero-order valence-corrected chi connectivity index (χ0v) is 21.9. The molecule has 1 N–H and O–H groups in total. The van der Waals surface area contributed by atoms with Gasteiger partial charge in [0.25, 0.3) is 0 Å². The predicted molar refractivity (Wildman–Crippen MR) is 131 cm³/mol. The Balaban J connectivity index is 1.55. The van der Waals surface area contributed by atoms with Gasteiger partial charge >= 0.3 is 0 Å². The Morgan fingerprint density at radius 3 is 2.23 bits per heavy atom. The van der Waals surface area contributed by atoms with E-state index in [0.29, 0.717) is 27.6 Å². The van der Waals surface area contributed by atoms with E-state index in [1.54, 1.807) is 5.57 Å². The van der Waals surface area contributed by atoms with Crippen LogP contribution in [0.15, 0.2) is 11.6 Å². The van der Waals surface area contributed by atoms with Crippen LogP contribution in [0.4, 0.5) is 0 Å². The second-order valence-corrected chi connectivity index (χ2v) is 14.7. The number of fused-ring (bicyclic) bond motifs is 7. The highest BCUT2D eigenvalue weighted by molar-refractivity contribution is 5.22. The van der Waals surface area contributed by atoms with Gasteiger partial charge in [-0.3, -0.25) is 0 Å². The first-order chi connectivity index (χ1) is 14.3. The summed E-state index contributed by atoms with van der Waals surface area (Å²) in [6.45, 7) is 20.5. The summed E-state index contributed by atoms with van der Waals surface area (Å²) in [6.07, 6.45) is 14.5. The first-order valence-electron chi connectivity index (χ1n) is 13.7. The molecule has 10 atom stereocenters. The van der Waals surface area contributed by atoms with Gasteiger partial charge in [0, 0.05) is 0 Å². The van der Waals surface area contributed by atoms with E-state index in [4.69, 9.17) is 0 Å². The number of rotatable bonds is 0. The molecule has 0 saturated heterocycles. The van der Waals surface area contributed by atoms with Crippen molar-refractivity contribution in [3.8, 4) is 0 Å². The first kappa shape index (κ1) is 22.5. The molecule has 0 bridgehead atoms. The number of hydrogen-bond acceptors (Lipinski definition) is 1. The molecular weight excluding hydrogens is 376 g/mol. The van der Waals surface area contributed by atoms with E-state index in [-0.39, 0.29) is 11.5 Å². The molecule has 4 saturated carbocycles. The van der Waals surface area contributed by atoms with E-state index >= 15 is 0 Å². The number of hydrogen-bond donors (Lipinski definition) is 1. The van der Waals surface area contributed by atoms with Crippen molar-refractivity contribution in [2.45, 2.75) is 119 Å². The highest BCUT2D eigenvalue weighted by Gasteiger charge is 2.69. The van der Waals surface area contributed by atoms with Crippen molar-refractivity contribution in [1.82, 2.24) is 0 Å². The molecule has 1 nitrogen and oxygen atoms in total. The van der Waals surface area contributed by atoms with Gasteiger partial charge < -0.3 is 5.11 Å². The Labute approximate surface area is 192 Å². The molecule has 0 amide bonds. The van der Waals surface area contributed by atoms with Crippen LogP contribution in [0.5, 0.6) is 0 Å². The zero-order chi connectivity index (χ0) is 22.6. The topological polar surface area (TPSA) is 20.2 Å². The van der Waals surface area contributed by atoms with Crippen molar-refractivity contribution in [2.24, 2.45) is 56.7 Å². The van der Waals surface area contributed by atoms with Crippen LogP contribution in [0.1, 0.15) is 113 Å². The Morgan fingerprint density at radius 1 is 0.806 bits per heavy atom. The molecule has 5 aliphatic carbocycles. The molecule has 0 aromatic carbocycles. The molecule has 176 valence electrons. The van der Waals surface area contributed by atoms with Gasteiger partial charge in [0.2, 0.25) is 0 Å². The van der Waals surface area contributed by atoms with Crippen LogP contribution in [0.25, 0.3) is 0 Å². The highest BCUT2D eigenvalue weighted by atomic mass is 16.3. The molecule has 0 aromatic heterocycles.